The summed E-state index contributed by atoms with van der Waals surface area (Å²) in [5.74, 6) is -0.420. The second kappa shape index (κ2) is 10.1. The molecule has 0 saturated heterocycles. The molecule has 0 saturated carbocycles. The summed E-state index contributed by atoms with van der Waals surface area (Å²) in [4.78, 5) is 13.6. The van der Waals surface area contributed by atoms with Crippen LogP contribution in [0.15, 0.2) is 84.9 Å². The van der Waals surface area contributed by atoms with E-state index in [1.807, 2.05) is 42.5 Å². The van der Waals surface area contributed by atoms with E-state index in [0.717, 1.165) is 11.1 Å². The normalized spacial score (nSPS) is 20.6. The highest BCUT2D eigenvalue weighted by Crippen LogP contribution is 2.58. The van der Waals surface area contributed by atoms with E-state index in [-0.39, 0.29) is 19.1 Å². The van der Waals surface area contributed by atoms with Crippen LogP contribution in [0.2, 0.25) is 0 Å². The van der Waals surface area contributed by atoms with Crippen LogP contribution in [-0.2, 0) is 21.7 Å². The third-order valence-corrected chi connectivity index (χ3v) is 7.61. The predicted octanol–water partition coefficient (Wildman–Crippen LogP) is 4.88. The van der Waals surface area contributed by atoms with Crippen LogP contribution < -0.4 is 18.9 Å². The number of ether oxygens (including phenoxy) is 5. The lowest BCUT2D eigenvalue weighted by Gasteiger charge is -2.33. The topological polar surface area (TPSA) is 104 Å². The van der Waals surface area contributed by atoms with Crippen LogP contribution in [0, 0.1) is 5.92 Å². The van der Waals surface area contributed by atoms with Crippen LogP contribution >= 0.6 is 0 Å². The lowest BCUT2D eigenvalue weighted by Crippen LogP contribution is -2.40. The zero-order valence-electron chi connectivity index (χ0n) is 22.0. The molecule has 0 bridgehead atoms. The molecule has 4 aromatic carbocycles. The van der Waals surface area contributed by atoms with Gasteiger partial charge in [0, 0.05) is 17.5 Å². The molecule has 0 unspecified atom stereocenters. The second-order valence-electron chi connectivity index (χ2n) is 9.77. The maximum Gasteiger partial charge on any atom is 0.313 e. The first-order valence-corrected chi connectivity index (χ1v) is 12.8. The number of benzene rings is 4. The standard InChI is InChI=1S/C32H28O8/c1-36-22-10-12-24(27(16-22)38-17-19-6-4-3-5-7-19)32(35)25-15-21(33)9-11-23(25)29(30(32)31(34)37-2)20-8-13-26-28(14-20)40-18-39-26/h3-16,29-30,33,35H,17-18H2,1-2H3/t29-,30-,32-/m0/s1. The average molecular weight is 541 g/mol. The third kappa shape index (κ3) is 4.17. The molecule has 3 atom stereocenters. The van der Waals surface area contributed by atoms with Gasteiger partial charge in [-0.25, -0.2) is 0 Å². The molecular formula is C32H28O8. The number of rotatable bonds is 7. The van der Waals surface area contributed by atoms with Crippen molar-refractivity contribution in [2.24, 2.45) is 5.92 Å². The Bertz CT molecular complexity index is 1570. The van der Waals surface area contributed by atoms with Crippen LogP contribution in [-0.4, -0.2) is 37.2 Å². The fraction of sp³-hybridized carbons (Fsp3) is 0.219. The summed E-state index contributed by atoms with van der Waals surface area (Å²) in [5.41, 5.74) is 1.10. The van der Waals surface area contributed by atoms with Crippen LogP contribution in [0.4, 0.5) is 0 Å². The Morgan fingerprint density at radius 3 is 2.50 bits per heavy atom. The van der Waals surface area contributed by atoms with E-state index in [1.54, 1.807) is 43.5 Å². The number of hydrogen-bond donors (Lipinski definition) is 2. The van der Waals surface area contributed by atoms with Gasteiger partial charge in [0.1, 0.15) is 35.4 Å². The fourth-order valence-corrected chi connectivity index (χ4v) is 5.76. The van der Waals surface area contributed by atoms with Crippen molar-refractivity contribution in [3.05, 3.63) is 113 Å². The molecule has 6 rings (SSSR count). The smallest absolute Gasteiger partial charge is 0.313 e. The SMILES string of the molecule is COC(=O)[C@@H]1[C@@H](c2ccc3c(c2)OCO3)c2ccc(O)cc2[C@@]1(O)c1ccc(OC)cc1OCc1ccccc1. The van der Waals surface area contributed by atoms with Gasteiger partial charge in [0.15, 0.2) is 11.5 Å². The van der Waals surface area contributed by atoms with Crippen molar-refractivity contribution in [3.63, 3.8) is 0 Å². The van der Waals surface area contributed by atoms with E-state index in [1.165, 1.54) is 13.2 Å². The first kappa shape index (κ1) is 25.6. The summed E-state index contributed by atoms with van der Waals surface area (Å²) in [6.45, 7) is 0.324. The van der Waals surface area contributed by atoms with Crippen LogP contribution in [0.5, 0.6) is 28.7 Å². The molecule has 0 aromatic heterocycles. The van der Waals surface area contributed by atoms with E-state index in [4.69, 9.17) is 23.7 Å². The van der Waals surface area contributed by atoms with Gasteiger partial charge in [-0.15, -0.1) is 0 Å². The number of esters is 1. The van der Waals surface area contributed by atoms with Crippen molar-refractivity contribution < 1.29 is 38.7 Å². The van der Waals surface area contributed by atoms with E-state index in [2.05, 4.69) is 0 Å². The molecule has 2 aliphatic rings. The van der Waals surface area contributed by atoms with Gasteiger partial charge in [-0.3, -0.25) is 4.79 Å². The average Bonchev–Trinajstić information content (AvgIpc) is 3.56. The summed E-state index contributed by atoms with van der Waals surface area (Å²) < 4.78 is 28.1. The number of fused-ring (bicyclic) bond motifs is 2. The molecule has 1 aliphatic heterocycles. The Balaban J connectivity index is 1.54. The van der Waals surface area contributed by atoms with Crippen molar-refractivity contribution in [2.75, 3.05) is 21.0 Å². The van der Waals surface area contributed by atoms with Crippen molar-refractivity contribution in [1.29, 1.82) is 0 Å². The van der Waals surface area contributed by atoms with Gasteiger partial charge in [0.2, 0.25) is 6.79 Å². The van der Waals surface area contributed by atoms with Gasteiger partial charge >= 0.3 is 5.97 Å². The number of methoxy groups -OCH3 is 2. The molecule has 0 amide bonds. The lowest BCUT2D eigenvalue weighted by molar-refractivity contribution is -0.153. The molecule has 4 aromatic rings. The molecule has 40 heavy (non-hydrogen) atoms. The lowest BCUT2D eigenvalue weighted by atomic mass is 9.76. The highest BCUT2D eigenvalue weighted by Gasteiger charge is 2.58. The molecule has 8 nitrogen and oxygen atoms in total. The highest BCUT2D eigenvalue weighted by atomic mass is 16.7. The minimum atomic E-state index is -1.93. The first-order valence-electron chi connectivity index (χ1n) is 12.8. The fourth-order valence-electron chi connectivity index (χ4n) is 5.76. The molecule has 0 fully saturated rings. The van der Waals surface area contributed by atoms with E-state index >= 15 is 0 Å². The Morgan fingerprint density at radius 1 is 0.925 bits per heavy atom. The summed E-state index contributed by atoms with van der Waals surface area (Å²) in [5, 5.41) is 23.3. The van der Waals surface area contributed by atoms with Gasteiger partial charge in [0.25, 0.3) is 0 Å². The van der Waals surface area contributed by atoms with Crippen LogP contribution in [0.3, 0.4) is 0 Å². The number of aliphatic hydroxyl groups is 1. The number of carbonyl (C=O) groups is 1. The number of phenolic OH excluding ortho intramolecular Hbond substituents is 1. The Labute approximate surface area is 231 Å². The van der Waals surface area contributed by atoms with Gasteiger partial charge in [-0.2, -0.15) is 0 Å². The highest BCUT2D eigenvalue weighted by molar-refractivity contribution is 5.81. The number of carbonyl (C=O) groups excluding carboxylic acids is 1. The minimum absolute atomic E-state index is 0.0487. The predicted molar refractivity (Wildman–Crippen MR) is 145 cm³/mol. The summed E-state index contributed by atoms with van der Waals surface area (Å²) in [7, 11) is 2.83. The van der Waals surface area contributed by atoms with Gasteiger partial charge in [-0.1, -0.05) is 42.5 Å². The van der Waals surface area contributed by atoms with E-state index < -0.39 is 23.4 Å². The van der Waals surface area contributed by atoms with Crippen LogP contribution in [0.25, 0.3) is 0 Å². The number of phenols is 1. The number of hydrogen-bond acceptors (Lipinski definition) is 8. The van der Waals surface area contributed by atoms with Crippen molar-refractivity contribution >= 4 is 5.97 Å². The van der Waals surface area contributed by atoms with Crippen molar-refractivity contribution in [3.8, 4) is 28.7 Å². The molecule has 0 spiro atoms. The molecule has 204 valence electrons. The minimum Gasteiger partial charge on any atom is -0.508 e. The Morgan fingerprint density at radius 2 is 1.73 bits per heavy atom. The quantitative estimate of drug-likeness (QED) is 0.320. The summed E-state index contributed by atoms with van der Waals surface area (Å²) in [6.07, 6.45) is 0. The van der Waals surface area contributed by atoms with Gasteiger partial charge in [-0.05, 0) is 58.7 Å². The van der Waals surface area contributed by atoms with Crippen molar-refractivity contribution in [1.82, 2.24) is 0 Å². The molecule has 1 aliphatic carbocycles. The van der Waals surface area contributed by atoms with Gasteiger partial charge in [0.05, 0.1) is 14.2 Å². The third-order valence-electron chi connectivity index (χ3n) is 7.61. The van der Waals surface area contributed by atoms with Gasteiger partial charge < -0.3 is 33.9 Å². The summed E-state index contributed by atoms with van der Waals surface area (Å²) >= 11 is 0. The molecule has 1 heterocycles. The maximum absolute atomic E-state index is 13.6. The molecule has 8 heteroatoms. The monoisotopic (exact) mass is 540 g/mol. The van der Waals surface area contributed by atoms with Crippen LogP contribution in [0.1, 0.15) is 33.7 Å². The molecule has 2 N–H and O–H groups in total. The zero-order chi connectivity index (χ0) is 27.9. The zero-order valence-corrected chi connectivity index (χ0v) is 22.0. The molecule has 0 radical (unpaired) electrons. The first-order chi connectivity index (χ1) is 19.4. The van der Waals surface area contributed by atoms with E-state index in [9.17, 15) is 15.0 Å². The van der Waals surface area contributed by atoms with Crippen molar-refractivity contribution in [2.45, 2.75) is 18.1 Å². The van der Waals surface area contributed by atoms with E-state index in [0.29, 0.717) is 39.7 Å². The Kier molecular flexibility index (Phi) is 6.48. The number of aromatic hydroxyl groups is 1. The largest absolute Gasteiger partial charge is 0.508 e. The second-order valence-corrected chi connectivity index (χ2v) is 9.77. The molecular weight excluding hydrogens is 512 g/mol. The summed E-state index contributed by atoms with van der Waals surface area (Å²) in [6, 6.07) is 24.9. The Hall–Kier alpha value is -4.69. The maximum atomic E-state index is 13.6.